The second-order valence-electron chi connectivity index (χ2n) is 8.61. The van der Waals surface area contributed by atoms with E-state index in [1.54, 1.807) is 5.57 Å². The van der Waals surface area contributed by atoms with Crippen molar-refractivity contribution in [2.24, 2.45) is 0 Å². The molecule has 0 saturated carbocycles. The quantitative estimate of drug-likeness (QED) is 0.668. The number of aryl methyl sites for hydroxylation is 1. The van der Waals surface area contributed by atoms with Crippen LogP contribution in [0.2, 0.25) is 0 Å². The molecule has 0 spiro atoms. The van der Waals surface area contributed by atoms with E-state index in [1.165, 1.54) is 29.7 Å². The van der Waals surface area contributed by atoms with Crippen LogP contribution in [0.4, 0.5) is 0 Å². The molecule has 172 valence electrons. The summed E-state index contributed by atoms with van der Waals surface area (Å²) < 4.78 is 6.05. The molecular weight excluding hydrogens is 398 g/mol. The first-order chi connectivity index (χ1) is 15.6. The van der Waals surface area contributed by atoms with Gasteiger partial charge in [-0.05, 0) is 60.8 Å². The molecule has 5 heteroatoms. The summed E-state index contributed by atoms with van der Waals surface area (Å²) in [5.74, 6) is 0.925. The number of benzene rings is 2. The second kappa shape index (κ2) is 11.3. The molecule has 0 bridgehead atoms. The maximum atomic E-state index is 8.00. The highest BCUT2D eigenvalue weighted by Crippen LogP contribution is 2.36. The fourth-order valence-corrected chi connectivity index (χ4v) is 4.90. The number of piperidine rings is 1. The zero-order chi connectivity index (χ0) is 23.1. The van der Waals surface area contributed by atoms with E-state index in [4.69, 9.17) is 9.53 Å². The zero-order valence-corrected chi connectivity index (χ0v) is 20.0. The average Bonchev–Trinajstić information content (AvgIpc) is 2.84. The molecule has 0 aliphatic carbocycles. The SMILES string of the molecule is C=O.CCc1cccc(COc2ccc(C3N(C)C=C4CN(CC)CCC4N3C)cc2)c1. The van der Waals surface area contributed by atoms with Gasteiger partial charge in [-0.1, -0.05) is 50.2 Å². The lowest BCUT2D eigenvalue weighted by atomic mass is 9.93. The van der Waals surface area contributed by atoms with E-state index < -0.39 is 0 Å². The molecule has 2 aliphatic rings. The molecule has 0 N–H and O–H groups in total. The van der Waals surface area contributed by atoms with Crippen LogP contribution in [0.3, 0.4) is 0 Å². The molecule has 2 aromatic carbocycles. The second-order valence-corrected chi connectivity index (χ2v) is 8.61. The van der Waals surface area contributed by atoms with Crippen molar-refractivity contribution in [1.82, 2.24) is 14.7 Å². The molecular formula is C27H37N3O2. The van der Waals surface area contributed by atoms with Crippen molar-refractivity contribution in [1.29, 1.82) is 0 Å². The van der Waals surface area contributed by atoms with Gasteiger partial charge in [-0.25, -0.2) is 0 Å². The number of fused-ring (bicyclic) bond motifs is 1. The highest BCUT2D eigenvalue weighted by atomic mass is 16.5. The van der Waals surface area contributed by atoms with Crippen LogP contribution in [0, 0.1) is 0 Å². The lowest BCUT2D eigenvalue weighted by molar-refractivity contribution is -0.0979. The summed E-state index contributed by atoms with van der Waals surface area (Å²) in [5.41, 5.74) is 5.43. The highest BCUT2D eigenvalue weighted by Gasteiger charge is 2.36. The molecule has 4 rings (SSSR count). The number of carbonyl (C=O) groups excluding carboxylic acids is 1. The Hall–Kier alpha value is -2.63. The van der Waals surface area contributed by atoms with Crippen LogP contribution in [0.15, 0.2) is 60.3 Å². The van der Waals surface area contributed by atoms with Crippen LogP contribution in [0.5, 0.6) is 5.75 Å². The number of nitrogens with zero attached hydrogens (tertiary/aromatic N) is 3. The fourth-order valence-electron chi connectivity index (χ4n) is 4.90. The molecule has 2 unspecified atom stereocenters. The summed E-state index contributed by atoms with van der Waals surface area (Å²) in [5, 5.41) is 0. The van der Waals surface area contributed by atoms with Crippen LogP contribution >= 0.6 is 0 Å². The van der Waals surface area contributed by atoms with Crippen LogP contribution in [-0.4, -0.2) is 61.3 Å². The summed E-state index contributed by atoms with van der Waals surface area (Å²) in [6, 6.07) is 17.8. The topological polar surface area (TPSA) is 36.0 Å². The first kappa shape index (κ1) is 24.0. The maximum absolute atomic E-state index is 8.00. The smallest absolute Gasteiger partial charge is 0.119 e. The Balaban J connectivity index is 0.00000141. The van der Waals surface area contributed by atoms with Gasteiger partial charge in [0.15, 0.2) is 0 Å². The van der Waals surface area contributed by atoms with Gasteiger partial charge in [-0.15, -0.1) is 0 Å². The number of likely N-dealkylation sites (tertiary alicyclic amines) is 1. The Morgan fingerprint density at radius 2 is 1.75 bits per heavy atom. The largest absolute Gasteiger partial charge is 0.489 e. The fraction of sp³-hybridized carbons (Fsp3) is 0.444. The summed E-state index contributed by atoms with van der Waals surface area (Å²) in [6.07, 6.45) is 4.90. The molecule has 2 atom stereocenters. The Morgan fingerprint density at radius 3 is 2.44 bits per heavy atom. The number of hydrogen-bond donors (Lipinski definition) is 0. The van der Waals surface area contributed by atoms with E-state index >= 15 is 0 Å². The van der Waals surface area contributed by atoms with Gasteiger partial charge in [0.05, 0.1) is 0 Å². The van der Waals surface area contributed by atoms with Gasteiger partial charge in [-0.2, -0.15) is 0 Å². The van der Waals surface area contributed by atoms with Gasteiger partial charge >= 0.3 is 0 Å². The number of likely N-dealkylation sites (N-methyl/N-ethyl adjacent to an activating group) is 2. The number of rotatable bonds is 6. The Kier molecular flexibility index (Phi) is 8.48. The summed E-state index contributed by atoms with van der Waals surface area (Å²) in [4.78, 5) is 15.4. The lowest BCUT2D eigenvalue weighted by Crippen LogP contribution is -2.52. The lowest BCUT2D eigenvalue weighted by Gasteiger charge is -2.48. The maximum Gasteiger partial charge on any atom is 0.119 e. The molecule has 0 aromatic heterocycles. The standard InChI is InChI=1S/C26H35N3O.CH2O/c1-5-20-8-7-9-21(16-20)19-30-24-12-10-22(11-13-24)26-27(3)17-23-18-29(6-2)15-14-25(23)28(26)4;1-2/h7-13,16-17,25-26H,5-6,14-15,18-19H2,1-4H3;1H2. The Bertz CT molecular complexity index is 896. The number of carbonyl (C=O) groups is 1. The average molecular weight is 436 g/mol. The van der Waals surface area contributed by atoms with E-state index in [1.807, 2.05) is 6.79 Å². The molecule has 0 radical (unpaired) electrons. The predicted octanol–water partition coefficient (Wildman–Crippen LogP) is 4.50. The van der Waals surface area contributed by atoms with Crippen molar-refractivity contribution in [3.8, 4) is 5.75 Å². The van der Waals surface area contributed by atoms with Crippen LogP contribution in [0.25, 0.3) is 0 Å². The van der Waals surface area contributed by atoms with Crippen molar-refractivity contribution in [3.63, 3.8) is 0 Å². The zero-order valence-electron chi connectivity index (χ0n) is 20.0. The Morgan fingerprint density at radius 1 is 1.03 bits per heavy atom. The van der Waals surface area contributed by atoms with Crippen LogP contribution in [-0.2, 0) is 17.8 Å². The van der Waals surface area contributed by atoms with Gasteiger partial charge < -0.3 is 14.4 Å². The van der Waals surface area contributed by atoms with Crippen LogP contribution in [0.1, 0.15) is 43.1 Å². The third kappa shape index (κ3) is 5.40. The molecule has 2 aliphatic heterocycles. The number of ether oxygens (including phenoxy) is 1. The van der Waals surface area contributed by atoms with Crippen molar-refractivity contribution in [2.75, 3.05) is 33.7 Å². The highest BCUT2D eigenvalue weighted by molar-refractivity contribution is 5.32. The van der Waals surface area contributed by atoms with Crippen molar-refractivity contribution in [3.05, 3.63) is 77.0 Å². The molecule has 5 nitrogen and oxygen atoms in total. The van der Waals surface area contributed by atoms with Gasteiger partial charge in [0.1, 0.15) is 25.3 Å². The molecule has 0 amide bonds. The van der Waals surface area contributed by atoms with E-state index in [2.05, 4.69) is 97.4 Å². The van der Waals surface area contributed by atoms with Crippen LogP contribution < -0.4 is 4.74 Å². The van der Waals surface area contributed by atoms with Crippen molar-refractivity contribution in [2.45, 2.75) is 45.5 Å². The summed E-state index contributed by atoms with van der Waals surface area (Å²) >= 11 is 0. The molecule has 32 heavy (non-hydrogen) atoms. The van der Waals surface area contributed by atoms with Crippen molar-refractivity contribution < 1.29 is 9.53 Å². The molecule has 2 aromatic rings. The molecule has 1 saturated heterocycles. The minimum absolute atomic E-state index is 0.266. The third-order valence-corrected chi connectivity index (χ3v) is 6.62. The summed E-state index contributed by atoms with van der Waals surface area (Å²) in [6.45, 7) is 10.5. The minimum Gasteiger partial charge on any atom is -0.489 e. The summed E-state index contributed by atoms with van der Waals surface area (Å²) in [7, 11) is 4.46. The predicted molar refractivity (Wildman–Crippen MR) is 131 cm³/mol. The van der Waals surface area contributed by atoms with E-state index in [-0.39, 0.29) is 6.17 Å². The molecule has 1 fully saturated rings. The van der Waals surface area contributed by atoms with Crippen molar-refractivity contribution >= 4 is 6.79 Å². The van der Waals surface area contributed by atoms with Gasteiger partial charge in [-0.3, -0.25) is 9.80 Å². The van der Waals surface area contributed by atoms with E-state index in [0.29, 0.717) is 12.6 Å². The monoisotopic (exact) mass is 435 g/mol. The third-order valence-electron chi connectivity index (χ3n) is 6.62. The minimum atomic E-state index is 0.266. The van der Waals surface area contributed by atoms with E-state index in [0.717, 1.165) is 25.3 Å². The van der Waals surface area contributed by atoms with E-state index in [9.17, 15) is 0 Å². The normalized spacial score (nSPS) is 21.2. The molecule has 2 heterocycles. The Labute approximate surface area is 193 Å². The first-order valence-corrected chi connectivity index (χ1v) is 11.5. The van der Waals surface area contributed by atoms with Gasteiger partial charge in [0, 0.05) is 32.4 Å². The van der Waals surface area contributed by atoms with Gasteiger partial charge in [0.2, 0.25) is 0 Å². The first-order valence-electron chi connectivity index (χ1n) is 11.5. The van der Waals surface area contributed by atoms with Gasteiger partial charge in [0.25, 0.3) is 0 Å². The number of hydrogen-bond acceptors (Lipinski definition) is 5.